The number of carbonyl (C=O) groups excluding carboxylic acids is 2. The van der Waals surface area contributed by atoms with Crippen LogP contribution in [0.3, 0.4) is 0 Å². The molecule has 9 nitrogen and oxygen atoms in total. The summed E-state index contributed by atoms with van der Waals surface area (Å²) in [6.07, 6.45) is 1.65. The lowest BCUT2D eigenvalue weighted by atomic mass is 10.2. The molecule has 0 spiro atoms. The molecule has 29 heavy (non-hydrogen) atoms. The van der Waals surface area contributed by atoms with E-state index in [0.717, 1.165) is 11.4 Å². The van der Waals surface area contributed by atoms with Crippen LogP contribution in [0, 0.1) is 0 Å². The average molecular weight is 396 g/mol. The van der Waals surface area contributed by atoms with Gasteiger partial charge < -0.3 is 14.2 Å². The SMILES string of the molecule is COc1ccc(-n2ccc(C(=O)NNC(=O)c3ccc(OC)c(OC)c3)n2)cc1. The van der Waals surface area contributed by atoms with Crippen LogP contribution in [-0.4, -0.2) is 42.9 Å². The largest absolute Gasteiger partial charge is 0.497 e. The molecule has 2 aromatic carbocycles. The monoisotopic (exact) mass is 396 g/mol. The maximum absolute atomic E-state index is 12.3. The van der Waals surface area contributed by atoms with Crippen molar-refractivity contribution in [2.24, 2.45) is 0 Å². The fourth-order valence-electron chi connectivity index (χ4n) is 2.55. The number of nitrogens with one attached hydrogen (secondary N) is 2. The Morgan fingerprint density at radius 2 is 1.52 bits per heavy atom. The molecule has 0 aliphatic rings. The predicted molar refractivity (Wildman–Crippen MR) is 105 cm³/mol. The van der Waals surface area contributed by atoms with E-state index in [0.29, 0.717) is 17.1 Å². The summed E-state index contributed by atoms with van der Waals surface area (Å²) in [6, 6.07) is 13.4. The molecular weight excluding hydrogens is 376 g/mol. The van der Waals surface area contributed by atoms with Gasteiger partial charge in [0.25, 0.3) is 11.8 Å². The van der Waals surface area contributed by atoms with Crippen LogP contribution in [0.1, 0.15) is 20.8 Å². The molecule has 3 aromatic rings. The summed E-state index contributed by atoms with van der Waals surface area (Å²) >= 11 is 0. The van der Waals surface area contributed by atoms with Gasteiger partial charge in [-0.3, -0.25) is 20.4 Å². The topological polar surface area (TPSA) is 104 Å². The highest BCUT2D eigenvalue weighted by Gasteiger charge is 2.14. The van der Waals surface area contributed by atoms with E-state index in [-0.39, 0.29) is 5.69 Å². The maximum atomic E-state index is 12.3. The molecule has 0 bridgehead atoms. The van der Waals surface area contributed by atoms with Crippen molar-refractivity contribution in [2.75, 3.05) is 21.3 Å². The van der Waals surface area contributed by atoms with Crippen molar-refractivity contribution in [3.63, 3.8) is 0 Å². The Balaban J connectivity index is 1.63. The molecule has 0 radical (unpaired) electrons. The average Bonchev–Trinajstić information content (AvgIpc) is 3.27. The first-order chi connectivity index (χ1) is 14.0. The summed E-state index contributed by atoms with van der Waals surface area (Å²) in [7, 11) is 4.56. The third-order valence-corrected chi connectivity index (χ3v) is 4.09. The molecule has 0 aliphatic carbocycles. The number of nitrogens with zero attached hydrogens (tertiary/aromatic N) is 2. The van der Waals surface area contributed by atoms with Crippen molar-refractivity contribution in [3.05, 3.63) is 66.0 Å². The summed E-state index contributed by atoms with van der Waals surface area (Å²) in [5, 5.41) is 4.21. The number of aromatic nitrogens is 2. The molecular formula is C20H20N4O5. The second kappa shape index (κ2) is 8.79. The quantitative estimate of drug-likeness (QED) is 0.618. The molecule has 0 unspecified atom stereocenters. The van der Waals surface area contributed by atoms with Crippen molar-refractivity contribution in [3.8, 4) is 22.9 Å². The number of carbonyl (C=O) groups is 2. The molecule has 2 N–H and O–H groups in total. The summed E-state index contributed by atoms with van der Waals surface area (Å²) in [6.45, 7) is 0. The van der Waals surface area contributed by atoms with Gasteiger partial charge in [0.15, 0.2) is 17.2 Å². The Kier molecular flexibility index (Phi) is 5.98. The van der Waals surface area contributed by atoms with Crippen LogP contribution in [0.25, 0.3) is 5.69 Å². The normalized spacial score (nSPS) is 10.2. The fourth-order valence-corrected chi connectivity index (χ4v) is 2.55. The lowest BCUT2D eigenvalue weighted by molar-refractivity contribution is 0.0843. The Hall–Kier alpha value is -4.01. The zero-order valence-electron chi connectivity index (χ0n) is 16.1. The number of ether oxygens (including phenoxy) is 3. The van der Waals surface area contributed by atoms with Gasteiger partial charge in [0.05, 0.1) is 27.0 Å². The van der Waals surface area contributed by atoms with Gasteiger partial charge in [-0.25, -0.2) is 4.68 Å². The highest BCUT2D eigenvalue weighted by Crippen LogP contribution is 2.27. The molecule has 1 heterocycles. The summed E-state index contributed by atoms with van der Waals surface area (Å²) in [5.41, 5.74) is 5.90. The Bertz CT molecular complexity index is 1010. The minimum atomic E-state index is -0.550. The van der Waals surface area contributed by atoms with Gasteiger partial charge in [0.2, 0.25) is 0 Å². The van der Waals surface area contributed by atoms with Gasteiger partial charge in [-0.05, 0) is 48.5 Å². The first-order valence-electron chi connectivity index (χ1n) is 8.58. The predicted octanol–water partition coefficient (Wildman–Crippen LogP) is 1.97. The van der Waals surface area contributed by atoms with Gasteiger partial charge in [-0.1, -0.05) is 0 Å². The third-order valence-electron chi connectivity index (χ3n) is 4.09. The molecule has 0 fully saturated rings. The highest BCUT2D eigenvalue weighted by molar-refractivity contribution is 5.98. The minimum Gasteiger partial charge on any atom is -0.497 e. The van der Waals surface area contributed by atoms with Crippen LogP contribution in [-0.2, 0) is 0 Å². The molecule has 1 aromatic heterocycles. The van der Waals surface area contributed by atoms with Gasteiger partial charge in [-0.15, -0.1) is 0 Å². The van der Waals surface area contributed by atoms with E-state index in [4.69, 9.17) is 14.2 Å². The molecule has 0 atom stereocenters. The summed E-state index contributed by atoms with van der Waals surface area (Å²) in [5.74, 6) is 0.568. The molecule has 0 aliphatic heterocycles. The minimum absolute atomic E-state index is 0.147. The lowest BCUT2D eigenvalue weighted by Gasteiger charge is -2.10. The standard InChI is InChI=1S/C20H20N4O5/c1-27-15-7-5-14(6-8-15)24-11-10-16(23-24)20(26)22-21-19(25)13-4-9-17(28-2)18(12-13)29-3/h4-12H,1-3H3,(H,21,25)(H,22,26). The zero-order chi connectivity index (χ0) is 20.8. The molecule has 0 saturated heterocycles. The number of rotatable bonds is 6. The number of methoxy groups -OCH3 is 3. The Morgan fingerprint density at radius 3 is 2.17 bits per heavy atom. The van der Waals surface area contributed by atoms with E-state index < -0.39 is 11.8 Å². The van der Waals surface area contributed by atoms with Crippen molar-refractivity contribution < 1.29 is 23.8 Å². The number of benzene rings is 2. The lowest BCUT2D eigenvalue weighted by Crippen LogP contribution is -2.41. The molecule has 9 heteroatoms. The Labute approximate surface area is 167 Å². The number of hydrazine groups is 1. The van der Waals surface area contributed by atoms with Crippen LogP contribution in [0.15, 0.2) is 54.7 Å². The van der Waals surface area contributed by atoms with E-state index in [1.807, 2.05) is 12.1 Å². The van der Waals surface area contributed by atoms with Crippen LogP contribution >= 0.6 is 0 Å². The first-order valence-corrected chi connectivity index (χ1v) is 8.58. The van der Waals surface area contributed by atoms with E-state index in [2.05, 4.69) is 16.0 Å². The van der Waals surface area contributed by atoms with Crippen LogP contribution in [0.4, 0.5) is 0 Å². The molecule has 150 valence electrons. The second-order valence-electron chi connectivity index (χ2n) is 5.82. The van der Waals surface area contributed by atoms with Crippen LogP contribution in [0.2, 0.25) is 0 Å². The van der Waals surface area contributed by atoms with Crippen molar-refractivity contribution in [1.29, 1.82) is 0 Å². The highest BCUT2D eigenvalue weighted by atomic mass is 16.5. The second-order valence-corrected chi connectivity index (χ2v) is 5.82. The van der Waals surface area contributed by atoms with Crippen molar-refractivity contribution in [2.45, 2.75) is 0 Å². The number of hydrogen-bond donors (Lipinski definition) is 2. The van der Waals surface area contributed by atoms with Crippen LogP contribution < -0.4 is 25.1 Å². The smallest absolute Gasteiger partial charge is 0.290 e. The zero-order valence-corrected chi connectivity index (χ0v) is 16.1. The third kappa shape index (κ3) is 4.46. The number of amides is 2. The van der Waals surface area contributed by atoms with Gasteiger partial charge >= 0.3 is 0 Å². The van der Waals surface area contributed by atoms with E-state index in [9.17, 15) is 9.59 Å². The Morgan fingerprint density at radius 1 is 0.828 bits per heavy atom. The van der Waals surface area contributed by atoms with Gasteiger partial charge in [0, 0.05) is 11.8 Å². The molecule has 3 rings (SSSR count). The van der Waals surface area contributed by atoms with Crippen molar-refractivity contribution in [1.82, 2.24) is 20.6 Å². The molecule has 0 saturated carbocycles. The first kappa shape index (κ1) is 19.7. The summed E-state index contributed by atoms with van der Waals surface area (Å²) < 4.78 is 17.0. The fraction of sp³-hybridized carbons (Fsp3) is 0.150. The van der Waals surface area contributed by atoms with Crippen molar-refractivity contribution >= 4 is 11.8 Å². The van der Waals surface area contributed by atoms with E-state index >= 15 is 0 Å². The van der Waals surface area contributed by atoms with Gasteiger partial charge in [-0.2, -0.15) is 5.10 Å². The van der Waals surface area contributed by atoms with Gasteiger partial charge in [0.1, 0.15) is 5.75 Å². The van der Waals surface area contributed by atoms with E-state index in [1.54, 1.807) is 48.3 Å². The van der Waals surface area contributed by atoms with Crippen LogP contribution in [0.5, 0.6) is 17.2 Å². The van der Waals surface area contributed by atoms with E-state index in [1.165, 1.54) is 20.3 Å². The number of hydrogen-bond acceptors (Lipinski definition) is 6. The maximum Gasteiger partial charge on any atom is 0.290 e. The molecule has 2 amide bonds. The summed E-state index contributed by atoms with van der Waals surface area (Å²) in [4.78, 5) is 24.6.